The van der Waals surface area contributed by atoms with Crippen LogP contribution in [0.5, 0.6) is 0 Å². The summed E-state index contributed by atoms with van der Waals surface area (Å²) in [7, 11) is -3.35. The van der Waals surface area contributed by atoms with E-state index in [2.05, 4.69) is 18.7 Å². The lowest BCUT2D eigenvalue weighted by Crippen LogP contribution is -2.49. The standard InChI is InChI=1S/C16H26N2O2S/c1-13(2)12-17-7-9-18(10-8-17)21(19,20)16-6-5-14(3)15(4)11-16/h5-6,11,13H,7-10,12H2,1-4H3. The van der Waals surface area contributed by atoms with Crippen LogP contribution in [-0.4, -0.2) is 50.3 Å². The van der Waals surface area contributed by atoms with Crippen molar-refractivity contribution in [3.05, 3.63) is 29.3 Å². The maximum atomic E-state index is 12.7. The van der Waals surface area contributed by atoms with E-state index in [4.69, 9.17) is 0 Å². The summed E-state index contributed by atoms with van der Waals surface area (Å²) in [5.41, 5.74) is 2.14. The van der Waals surface area contributed by atoms with Crippen LogP contribution in [0.25, 0.3) is 0 Å². The van der Waals surface area contributed by atoms with Crippen LogP contribution in [0.3, 0.4) is 0 Å². The van der Waals surface area contributed by atoms with E-state index < -0.39 is 10.0 Å². The van der Waals surface area contributed by atoms with Crippen molar-refractivity contribution in [1.29, 1.82) is 0 Å². The highest BCUT2D eigenvalue weighted by molar-refractivity contribution is 7.89. The molecule has 0 aliphatic carbocycles. The number of rotatable bonds is 4. The van der Waals surface area contributed by atoms with E-state index in [1.165, 1.54) is 0 Å². The molecule has 0 aromatic heterocycles. The van der Waals surface area contributed by atoms with E-state index in [1.54, 1.807) is 16.4 Å². The van der Waals surface area contributed by atoms with Gasteiger partial charge in [0.25, 0.3) is 0 Å². The van der Waals surface area contributed by atoms with Gasteiger partial charge in [-0.2, -0.15) is 4.31 Å². The third kappa shape index (κ3) is 3.84. The van der Waals surface area contributed by atoms with Crippen molar-refractivity contribution in [2.75, 3.05) is 32.7 Å². The van der Waals surface area contributed by atoms with Gasteiger partial charge in [-0.15, -0.1) is 0 Å². The highest BCUT2D eigenvalue weighted by Crippen LogP contribution is 2.20. The second-order valence-corrected chi connectivity index (χ2v) is 8.28. The summed E-state index contributed by atoms with van der Waals surface area (Å²) in [6, 6.07) is 5.39. The molecule has 1 aromatic carbocycles. The van der Waals surface area contributed by atoms with Crippen LogP contribution in [-0.2, 0) is 10.0 Å². The van der Waals surface area contributed by atoms with E-state index in [0.29, 0.717) is 23.9 Å². The normalized spacial score (nSPS) is 18.3. The average molecular weight is 310 g/mol. The summed E-state index contributed by atoms with van der Waals surface area (Å²) >= 11 is 0. The van der Waals surface area contributed by atoms with Gasteiger partial charge in [-0.1, -0.05) is 19.9 Å². The van der Waals surface area contributed by atoms with Gasteiger partial charge in [-0.3, -0.25) is 0 Å². The second-order valence-electron chi connectivity index (χ2n) is 6.34. The van der Waals surface area contributed by atoms with Gasteiger partial charge in [0, 0.05) is 32.7 Å². The Morgan fingerprint density at radius 1 is 1.05 bits per heavy atom. The molecule has 2 rings (SSSR count). The zero-order valence-electron chi connectivity index (χ0n) is 13.5. The molecule has 5 heteroatoms. The zero-order chi connectivity index (χ0) is 15.6. The first kappa shape index (κ1) is 16.5. The highest BCUT2D eigenvalue weighted by atomic mass is 32.2. The molecular weight excluding hydrogens is 284 g/mol. The number of hydrogen-bond acceptors (Lipinski definition) is 3. The van der Waals surface area contributed by atoms with Crippen molar-refractivity contribution >= 4 is 10.0 Å². The molecule has 1 fully saturated rings. The van der Waals surface area contributed by atoms with Gasteiger partial charge in [0.05, 0.1) is 4.90 Å². The third-order valence-corrected chi connectivity index (χ3v) is 5.97. The molecule has 0 atom stereocenters. The fourth-order valence-corrected chi connectivity index (χ4v) is 4.20. The number of piperazine rings is 1. The molecule has 4 nitrogen and oxygen atoms in total. The predicted molar refractivity (Wildman–Crippen MR) is 86.0 cm³/mol. The first-order valence-electron chi connectivity index (χ1n) is 7.60. The molecule has 0 radical (unpaired) electrons. The fraction of sp³-hybridized carbons (Fsp3) is 0.625. The first-order chi connectivity index (χ1) is 9.80. The van der Waals surface area contributed by atoms with Gasteiger partial charge in [0.2, 0.25) is 10.0 Å². The van der Waals surface area contributed by atoms with Crippen molar-refractivity contribution in [3.63, 3.8) is 0 Å². The molecule has 0 spiro atoms. The molecule has 1 aliphatic rings. The van der Waals surface area contributed by atoms with Crippen molar-refractivity contribution in [3.8, 4) is 0 Å². The summed E-state index contributed by atoms with van der Waals surface area (Å²) < 4.78 is 27.0. The molecule has 0 unspecified atom stereocenters. The topological polar surface area (TPSA) is 40.6 Å². The summed E-state index contributed by atoms with van der Waals surface area (Å²) in [5.74, 6) is 0.618. The molecule has 1 aliphatic heterocycles. The Morgan fingerprint density at radius 3 is 2.19 bits per heavy atom. The molecule has 0 N–H and O–H groups in total. The first-order valence-corrected chi connectivity index (χ1v) is 9.04. The van der Waals surface area contributed by atoms with Gasteiger partial charge in [0.15, 0.2) is 0 Å². The summed E-state index contributed by atoms with van der Waals surface area (Å²) in [6.45, 7) is 12.2. The number of aryl methyl sites for hydroxylation is 2. The van der Waals surface area contributed by atoms with E-state index >= 15 is 0 Å². The van der Waals surface area contributed by atoms with Gasteiger partial charge < -0.3 is 4.90 Å². The lowest BCUT2D eigenvalue weighted by atomic mass is 10.1. The smallest absolute Gasteiger partial charge is 0.243 e. The lowest BCUT2D eigenvalue weighted by molar-refractivity contribution is 0.172. The van der Waals surface area contributed by atoms with Gasteiger partial charge in [-0.25, -0.2) is 8.42 Å². The van der Waals surface area contributed by atoms with Crippen LogP contribution in [0.4, 0.5) is 0 Å². The van der Waals surface area contributed by atoms with Crippen molar-refractivity contribution in [1.82, 2.24) is 9.21 Å². The quantitative estimate of drug-likeness (QED) is 0.856. The maximum absolute atomic E-state index is 12.7. The van der Waals surface area contributed by atoms with Crippen molar-refractivity contribution in [2.24, 2.45) is 5.92 Å². The zero-order valence-corrected chi connectivity index (χ0v) is 14.3. The Hall–Kier alpha value is -0.910. The molecule has 118 valence electrons. The predicted octanol–water partition coefficient (Wildman–Crippen LogP) is 2.27. The molecule has 0 amide bonds. The van der Waals surface area contributed by atoms with E-state index in [9.17, 15) is 8.42 Å². The average Bonchev–Trinajstić information content (AvgIpc) is 2.41. The Kier molecular flexibility index (Phi) is 5.07. The summed E-state index contributed by atoms with van der Waals surface area (Å²) in [6.07, 6.45) is 0. The van der Waals surface area contributed by atoms with E-state index in [0.717, 1.165) is 30.8 Å². The Bertz CT molecular complexity index is 588. The third-order valence-electron chi connectivity index (χ3n) is 4.07. The van der Waals surface area contributed by atoms with Crippen LogP contribution in [0, 0.1) is 19.8 Å². The minimum atomic E-state index is -3.35. The Balaban J connectivity index is 2.09. The number of hydrogen-bond donors (Lipinski definition) is 0. The SMILES string of the molecule is Cc1ccc(S(=O)(=O)N2CCN(CC(C)C)CC2)cc1C. The van der Waals surface area contributed by atoms with Crippen molar-refractivity contribution < 1.29 is 8.42 Å². The lowest BCUT2D eigenvalue weighted by Gasteiger charge is -2.34. The molecule has 0 saturated carbocycles. The molecular formula is C16H26N2O2S. The molecule has 21 heavy (non-hydrogen) atoms. The van der Waals surface area contributed by atoms with Crippen LogP contribution in [0.1, 0.15) is 25.0 Å². The summed E-state index contributed by atoms with van der Waals surface area (Å²) in [5, 5.41) is 0. The molecule has 1 heterocycles. The van der Waals surface area contributed by atoms with E-state index in [-0.39, 0.29) is 0 Å². The van der Waals surface area contributed by atoms with Gasteiger partial charge in [-0.05, 0) is 43.0 Å². The van der Waals surface area contributed by atoms with Gasteiger partial charge in [0.1, 0.15) is 0 Å². The minimum absolute atomic E-state index is 0.419. The largest absolute Gasteiger partial charge is 0.300 e. The van der Waals surface area contributed by atoms with Crippen LogP contribution < -0.4 is 0 Å². The number of benzene rings is 1. The molecule has 1 saturated heterocycles. The van der Waals surface area contributed by atoms with E-state index in [1.807, 2.05) is 19.9 Å². The number of nitrogens with zero attached hydrogens (tertiary/aromatic N) is 2. The minimum Gasteiger partial charge on any atom is -0.300 e. The van der Waals surface area contributed by atoms with Crippen LogP contribution >= 0.6 is 0 Å². The number of sulfonamides is 1. The Labute approximate surface area is 128 Å². The highest BCUT2D eigenvalue weighted by Gasteiger charge is 2.28. The summed E-state index contributed by atoms with van der Waals surface area (Å²) in [4.78, 5) is 2.76. The van der Waals surface area contributed by atoms with Gasteiger partial charge >= 0.3 is 0 Å². The monoisotopic (exact) mass is 310 g/mol. The second kappa shape index (κ2) is 6.46. The van der Waals surface area contributed by atoms with Crippen LogP contribution in [0.15, 0.2) is 23.1 Å². The molecule has 1 aromatic rings. The Morgan fingerprint density at radius 2 is 1.67 bits per heavy atom. The van der Waals surface area contributed by atoms with Crippen LogP contribution in [0.2, 0.25) is 0 Å². The maximum Gasteiger partial charge on any atom is 0.243 e. The molecule has 0 bridgehead atoms. The van der Waals surface area contributed by atoms with Crippen molar-refractivity contribution in [2.45, 2.75) is 32.6 Å². The fourth-order valence-electron chi connectivity index (χ4n) is 2.69.